The van der Waals surface area contributed by atoms with Gasteiger partial charge < -0.3 is 24.4 Å². The monoisotopic (exact) mass is 693 g/mol. The van der Waals surface area contributed by atoms with E-state index in [9.17, 15) is 18.0 Å². The number of nitrogens with one attached hydrogen (secondary N) is 1. The maximum atomic E-state index is 14.3. The molecule has 0 aliphatic carbocycles. The Kier molecular flexibility index (Phi) is 13.4. The zero-order valence-electron chi connectivity index (χ0n) is 26.9. The molecule has 250 valence electrons. The number of hydrogen-bond donors (Lipinski definition) is 1. The Morgan fingerprint density at radius 3 is 2.13 bits per heavy atom. The van der Waals surface area contributed by atoms with Gasteiger partial charge in [0.1, 0.15) is 18.3 Å². The van der Waals surface area contributed by atoms with E-state index in [0.29, 0.717) is 40.1 Å². The first-order chi connectivity index (χ1) is 21.9. The molecule has 0 aromatic heterocycles. The average Bonchev–Trinajstić information content (AvgIpc) is 3.04. The highest BCUT2D eigenvalue weighted by Gasteiger charge is 2.34. The summed E-state index contributed by atoms with van der Waals surface area (Å²) >= 11 is 12.6. The molecule has 0 saturated heterocycles. The minimum atomic E-state index is -4.36. The lowest BCUT2D eigenvalue weighted by Crippen LogP contribution is -2.53. The Morgan fingerprint density at radius 1 is 0.891 bits per heavy atom. The molecule has 13 heteroatoms. The first-order valence-electron chi connectivity index (χ1n) is 14.9. The minimum absolute atomic E-state index is 0.0607. The standard InChI is InChI=1S/C33H41Cl2N3O7S/c1-7-22(4)36-33(40)29(8-2)37(20-23-10-11-24(34)18-28(23)35)32(39)21-38(25-12-14-26(15-13-25)45-9-3)46(41,42)27-16-17-30(43-5)31(19-27)44-6/h10-19,22,29H,7-9,20-21H2,1-6H3,(H,36,40)/t22-,29-/m0/s1. The van der Waals surface area contributed by atoms with Crippen LogP contribution in [0.5, 0.6) is 17.2 Å². The van der Waals surface area contributed by atoms with Gasteiger partial charge in [0.15, 0.2) is 11.5 Å². The van der Waals surface area contributed by atoms with Gasteiger partial charge in [0, 0.05) is 28.7 Å². The highest BCUT2D eigenvalue weighted by molar-refractivity contribution is 7.92. The fourth-order valence-electron chi connectivity index (χ4n) is 4.70. The molecule has 1 N–H and O–H groups in total. The van der Waals surface area contributed by atoms with Crippen LogP contribution in [0.1, 0.15) is 46.1 Å². The van der Waals surface area contributed by atoms with E-state index in [4.69, 9.17) is 37.4 Å². The first-order valence-corrected chi connectivity index (χ1v) is 17.1. The molecule has 3 aromatic carbocycles. The second-order valence-electron chi connectivity index (χ2n) is 10.5. The van der Waals surface area contributed by atoms with Gasteiger partial charge in [-0.15, -0.1) is 0 Å². The quantitative estimate of drug-likeness (QED) is 0.187. The van der Waals surface area contributed by atoms with Crippen molar-refractivity contribution < 1.29 is 32.2 Å². The van der Waals surface area contributed by atoms with Gasteiger partial charge in [-0.05, 0) is 80.8 Å². The molecule has 0 radical (unpaired) electrons. The summed E-state index contributed by atoms with van der Waals surface area (Å²) in [6, 6.07) is 14.4. The number of benzene rings is 3. The number of nitrogens with zero attached hydrogens (tertiary/aromatic N) is 2. The molecule has 0 aliphatic heterocycles. The molecule has 0 saturated carbocycles. The molecule has 0 spiro atoms. The Labute approximate surface area is 281 Å². The van der Waals surface area contributed by atoms with Crippen LogP contribution in [0.3, 0.4) is 0 Å². The van der Waals surface area contributed by atoms with Gasteiger partial charge in [-0.3, -0.25) is 13.9 Å². The lowest BCUT2D eigenvalue weighted by Gasteiger charge is -2.34. The van der Waals surface area contributed by atoms with E-state index < -0.39 is 28.5 Å². The minimum Gasteiger partial charge on any atom is -0.494 e. The van der Waals surface area contributed by atoms with Gasteiger partial charge in [-0.1, -0.05) is 43.1 Å². The van der Waals surface area contributed by atoms with E-state index in [-0.39, 0.29) is 41.2 Å². The summed E-state index contributed by atoms with van der Waals surface area (Å²) in [5.74, 6) is 0.108. The first kappa shape index (κ1) is 36.8. The molecule has 2 atom stereocenters. The number of methoxy groups -OCH3 is 2. The van der Waals surface area contributed by atoms with E-state index in [1.54, 1.807) is 49.4 Å². The highest BCUT2D eigenvalue weighted by Crippen LogP contribution is 2.33. The fourth-order valence-corrected chi connectivity index (χ4v) is 6.60. The smallest absolute Gasteiger partial charge is 0.264 e. The number of halogens is 2. The van der Waals surface area contributed by atoms with E-state index >= 15 is 0 Å². The Morgan fingerprint density at radius 2 is 1.57 bits per heavy atom. The molecule has 0 unspecified atom stereocenters. The number of sulfonamides is 1. The predicted octanol–water partition coefficient (Wildman–Crippen LogP) is 6.33. The maximum Gasteiger partial charge on any atom is 0.264 e. The normalized spacial score (nSPS) is 12.5. The van der Waals surface area contributed by atoms with Gasteiger partial charge in [0.2, 0.25) is 11.8 Å². The summed E-state index contributed by atoms with van der Waals surface area (Å²) in [6.07, 6.45) is 0.957. The summed E-state index contributed by atoms with van der Waals surface area (Å²) in [5, 5.41) is 3.67. The number of carbonyl (C=O) groups excluding carboxylic acids is 2. The topological polar surface area (TPSA) is 114 Å². The van der Waals surface area contributed by atoms with Crippen LogP contribution in [0.4, 0.5) is 5.69 Å². The fraction of sp³-hybridized carbons (Fsp3) is 0.394. The zero-order chi connectivity index (χ0) is 34.0. The van der Waals surface area contributed by atoms with Crippen LogP contribution in [0.2, 0.25) is 10.0 Å². The summed E-state index contributed by atoms with van der Waals surface area (Å²) in [6.45, 7) is 7.17. The van der Waals surface area contributed by atoms with Crippen molar-refractivity contribution in [2.24, 2.45) is 0 Å². The van der Waals surface area contributed by atoms with Crippen molar-refractivity contribution in [1.29, 1.82) is 0 Å². The van der Waals surface area contributed by atoms with Crippen molar-refractivity contribution in [2.75, 3.05) is 31.7 Å². The molecule has 10 nitrogen and oxygen atoms in total. The van der Waals surface area contributed by atoms with E-state index in [1.165, 1.54) is 37.3 Å². The van der Waals surface area contributed by atoms with Crippen LogP contribution in [-0.2, 0) is 26.2 Å². The molecule has 2 amide bonds. The van der Waals surface area contributed by atoms with E-state index in [2.05, 4.69) is 5.32 Å². The summed E-state index contributed by atoms with van der Waals surface area (Å²) < 4.78 is 45.8. The number of carbonyl (C=O) groups is 2. The van der Waals surface area contributed by atoms with Gasteiger partial charge in [-0.25, -0.2) is 8.42 Å². The third-order valence-corrected chi connectivity index (χ3v) is 9.76. The Balaban J connectivity index is 2.13. The number of anilines is 1. The SMILES string of the molecule is CCOc1ccc(N(CC(=O)N(Cc2ccc(Cl)cc2Cl)[C@@H](CC)C(=O)N[C@@H](C)CC)S(=O)(=O)c2ccc(OC)c(OC)c2)cc1. The predicted molar refractivity (Wildman–Crippen MR) is 181 cm³/mol. The van der Waals surface area contributed by atoms with Crippen molar-refractivity contribution in [1.82, 2.24) is 10.2 Å². The van der Waals surface area contributed by atoms with Crippen LogP contribution in [-0.4, -0.2) is 64.6 Å². The lowest BCUT2D eigenvalue weighted by atomic mass is 10.1. The van der Waals surface area contributed by atoms with Gasteiger partial charge in [-0.2, -0.15) is 0 Å². The Bertz CT molecular complexity index is 1600. The number of ether oxygens (including phenoxy) is 3. The number of amides is 2. The molecular formula is C33H41Cl2N3O7S. The van der Waals surface area contributed by atoms with Crippen LogP contribution in [0.25, 0.3) is 0 Å². The van der Waals surface area contributed by atoms with Crippen LogP contribution < -0.4 is 23.8 Å². The molecule has 0 fully saturated rings. The van der Waals surface area contributed by atoms with Crippen molar-refractivity contribution >= 4 is 50.7 Å². The Hall–Kier alpha value is -3.67. The van der Waals surface area contributed by atoms with Crippen LogP contribution >= 0.6 is 23.2 Å². The second-order valence-corrected chi connectivity index (χ2v) is 13.2. The molecule has 3 aromatic rings. The molecule has 0 heterocycles. The molecule has 0 bridgehead atoms. The molecule has 46 heavy (non-hydrogen) atoms. The van der Waals surface area contributed by atoms with Crippen LogP contribution in [0, 0.1) is 0 Å². The zero-order valence-corrected chi connectivity index (χ0v) is 29.2. The average molecular weight is 695 g/mol. The number of rotatable bonds is 16. The summed E-state index contributed by atoms with van der Waals surface area (Å²) in [4.78, 5) is 29.1. The highest BCUT2D eigenvalue weighted by atomic mass is 35.5. The van der Waals surface area contributed by atoms with Crippen molar-refractivity contribution in [3.63, 3.8) is 0 Å². The van der Waals surface area contributed by atoms with E-state index in [1.807, 2.05) is 20.8 Å². The van der Waals surface area contributed by atoms with Gasteiger partial charge >= 0.3 is 0 Å². The molecular weight excluding hydrogens is 653 g/mol. The number of hydrogen-bond acceptors (Lipinski definition) is 7. The maximum absolute atomic E-state index is 14.3. The van der Waals surface area contributed by atoms with Crippen molar-refractivity contribution in [3.8, 4) is 17.2 Å². The van der Waals surface area contributed by atoms with Gasteiger partial charge in [0.25, 0.3) is 10.0 Å². The van der Waals surface area contributed by atoms with E-state index in [0.717, 1.165) is 4.31 Å². The third-order valence-electron chi connectivity index (χ3n) is 7.40. The molecule has 3 rings (SSSR count). The second kappa shape index (κ2) is 16.8. The summed E-state index contributed by atoms with van der Waals surface area (Å²) in [7, 11) is -1.52. The largest absolute Gasteiger partial charge is 0.494 e. The summed E-state index contributed by atoms with van der Waals surface area (Å²) in [5.41, 5.74) is 0.762. The lowest BCUT2D eigenvalue weighted by molar-refractivity contribution is -0.140. The van der Waals surface area contributed by atoms with Crippen molar-refractivity contribution in [2.45, 2.75) is 64.1 Å². The third kappa shape index (κ3) is 8.98. The van der Waals surface area contributed by atoms with Crippen LogP contribution in [0.15, 0.2) is 65.6 Å². The van der Waals surface area contributed by atoms with Crippen molar-refractivity contribution in [3.05, 3.63) is 76.3 Å². The molecule has 0 aliphatic rings. The van der Waals surface area contributed by atoms with Gasteiger partial charge in [0.05, 0.1) is 31.4 Å².